The van der Waals surface area contributed by atoms with Gasteiger partial charge in [0.1, 0.15) is 6.29 Å². The Labute approximate surface area is 71.5 Å². The fourth-order valence-corrected chi connectivity index (χ4v) is 2.39. The first-order valence-corrected chi connectivity index (χ1v) is 4.56. The van der Waals surface area contributed by atoms with Gasteiger partial charge < -0.3 is 4.79 Å². The van der Waals surface area contributed by atoms with Crippen LogP contribution in [0.15, 0.2) is 0 Å². The molecule has 1 atom stereocenters. The maximum Gasteiger partial charge on any atom is 0.123 e. The van der Waals surface area contributed by atoms with E-state index < -0.39 is 0 Å². The van der Waals surface area contributed by atoms with Crippen LogP contribution >= 0.6 is 31.9 Å². The Morgan fingerprint density at radius 1 is 1.56 bits per heavy atom. The van der Waals surface area contributed by atoms with Gasteiger partial charge in [0.05, 0.1) is 3.23 Å². The van der Waals surface area contributed by atoms with Crippen molar-refractivity contribution in [3.63, 3.8) is 0 Å². The van der Waals surface area contributed by atoms with Gasteiger partial charge in [-0.3, -0.25) is 0 Å². The SMILES string of the molecule is O=CC1CCC(Br)(Br)C1. The highest BCUT2D eigenvalue weighted by molar-refractivity contribution is 9.25. The number of rotatable bonds is 1. The Kier molecular flexibility index (Phi) is 2.32. The average Bonchev–Trinajstić information content (AvgIpc) is 2.10. The highest BCUT2D eigenvalue weighted by Crippen LogP contribution is 2.44. The molecular weight excluding hydrogens is 248 g/mol. The Balaban J connectivity index is 2.47. The number of halogens is 2. The summed E-state index contributed by atoms with van der Waals surface area (Å²) in [5, 5.41) is 0. The number of alkyl halides is 2. The lowest BCUT2D eigenvalue weighted by atomic mass is 10.1. The second-order valence-corrected chi connectivity index (χ2v) is 6.59. The van der Waals surface area contributed by atoms with Crippen molar-refractivity contribution in [2.45, 2.75) is 22.5 Å². The van der Waals surface area contributed by atoms with E-state index in [2.05, 4.69) is 31.9 Å². The van der Waals surface area contributed by atoms with Crippen LogP contribution in [-0.4, -0.2) is 9.52 Å². The minimum atomic E-state index is 0.0611. The third kappa shape index (κ3) is 2.04. The lowest BCUT2D eigenvalue weighted by Crippen LogP contribution is -2.04. The van der Waals surface area contributed by atoms with Crippen LogP contribution in [0.2, 0.25) is 0 Å². The van der Waals surface area contributed by atoms with Crippen molar-refractivity contribution in [2.24, 2.45) is 5.92 Å². The van der Waals surface area contributed by atoms with Crippen LogP contribution in [0.5, 0.6) is 0 Å². The molecule has 1 rings (SSSR count). The molecule has 0 amide bonds. The molecule has 0 bridgehead atoms. The van der Waals surface area contributed by atoms with Crippen LogP contribution in [0.3, 0.4) is 0 Å². The Morgan fingerprint density at radius 2 is 2.22 bits per heavy atom. The summed E-state index contributed by atoms with van der Waals surface area (Å²) in [6.45, 7) is 0. The topological polar surface area (TPSA) is 17.1 Å². The molecule has 9 heavy (non-hydrogen) atoms. The Morgan fingerprint density at radius 3 is 2.44 bits per heavy atom. The number of carbonyl (C=O) groups excluding carboxylic acids is 1. The van der Waals surface area contributed by atoms with E-state index in [1.165, 1.54) is 0 Å². The van der Waals surface area contributed by atoms with Crippen LogP contribution in [-0.2, 0) is 4.79 Å². The summed E-state index contributed by atoms with van der Waals surface area (Å²) >= 11 is 6.96. The molecule has 0 aromatic carbocycles. The number of hydrogen-bond acceptors (Lipinski definition) is 1. The van der Waals surface area contributed by atoms with Crippen LogP contribution in [0.25, 0.3) is 0 Å². The van der Waals surface area contributed by atoms with Crippen molar-refractivity contribution < 1.29 is 4.79 Å². The number of aldehydes is 1. The molecule has 3 heteroatoms. The molecular formula is C6H8Br2O. The first kappa shape index (κ1) is 7.73. The fraction of sp³-hybridized carbons (Fsp3) is 0.833. The van der Waals surface area contributed by atoms with Crippen LogP contribution < -0.4 is 0 Å². The zero-order valence-corrected chi connectivity index (χ0v) is 8.11. The summed E-state index contributed by atoms with van der Waals surface area (Å²) in [6, 6.07) is 0. The van der Waals surface area contributed by atoms with Gasteiger partial charge in [-0.2, -0.15) is 0 Å². The molecule has 0 N–H and O–H groups in total. The molecule has 1 nitrogen and oxygen atoms in total. The monoisotopic (exact) mass is 254 g/mol. The van der Waals surface area contributed by atoms with Gasteiger partial charge in [-0.05, 0) is 19.3 Å². The summed E-state index contributed by atoms with van der Waals surface area (Å²) in [5.74, 6) is 0.267. The molecule has 1 fully saturated rings. The van der Waals surface area contributed by atoms with Gasteiger partial charge in [0, 0.05) is 5.92 Å². The van der Waals surface area contributed by atoms with Gasteiger partial charge in [0.25, 0.3) is 0 Å². The Bertz CT molecular complexity index is 122. The zero-order valence-electron chi connectivity index (χ0n) is 4.94. The molecule has 0 saturated heterocycles. The van der Waals surface area contributed by atoms with Crippen molar-refractivity contribution in [1.29, 1.82) is 0 Å². The molecule has 0 aliphatic heterocycles. The van der Waals surface area contributed by atoms with E-state index in [4.69, 9.17) is 0 Å². The molecule has 0 aromatic rings. The fourth-order valence-electron chi connectivity index (χ4n) is 1.10. The second kappa shape index (κ2) is 2.70. The first-order chi connectivity index (χ1) is 4.14. The standard InChI is InChI=1S/C6H8Br2O/c7-6(8)2-1-5(3-6)4-9/h4-5H,1-3H2. The van der Waals surface area contributed by atoms with E-state index in [1.807, 2.05) is 0 Å². The van der Waals surface area contributed by atoms with E-state index in [0.29, 0.717) is 0 Å². The number of hydrogen-bond donors (Lipinski definition) is 0. The minimum Gasteiger partial charge on any atom is -0.303 e. The molecule has 0 heterocycles. The molecule has 1 aliphatic rings. The van der Waals surface area contributed by atoms with Crippen molar-refractivity contribution in [2.75, 3.05) is 0 Å². The molecule has 1 unspecified atom stereocenters. The average molecular weight is 256 g/mol. The van der Waals surface area contributed by atoms with Gasteiger partial charge in [-0.15, -0.1) is 0 Å². The predicted molar refractivity (Wildman–Crippen MR) is 44.0 cm³/mol. The van der Waals surface area contributed by atoms with Gasteiger partial charge in [-0.25, -0.2) is 0 Å². The maximum atomic E-state index is 10.3. The molecule has 0 spiro atoms. The lowest BCUT2D eigenvalue weighted by Gasteiger charge is -2.09. The van der Waals surface area contributed by atoms with Crippen LogP contribution in [0.1, 0.15) is 19.3 Å². The van der Waals surface area contributed by atoms with Crippen LogP contribution in [0, 0.1) is 5.92 Å². The highest BCUT2D eigenvalue weighted by atomic mass is 79.9. The third-order valence-electron chi connectivity index (χ3n) is 1.63. The highest BCUT2D eigenvalue weighted by Gasteiger charge is 2.33. The second-order valence-electron chi connectivity index (χ2n) is 2.49. The quantitative estimate of drug-likeness (QED) is 0.520. The molecule has 52 valence electrons. The smallest absolute Gasteiger partial charge is 0.123 e. The number of carbonyl (C=O) groups is 1. The summed E-state index contributed by atoms with van der Waals surface area (Å²) in [5.41, 5.74) is 0. The molecule has 1 saturated carbocycles. The van der Waals surface area contributed by atoms with E-state index in [9.17, 15) is 4.79 Å². The van der Waals surface area contributed by atoms with E-state index in [0.717, 1.165) is 25.5 Å². The van der Waals surface area contributed by atoms with E-state index in [-0.39, 0.29) is 9.15 Å². The summed E-state index contributed by atoms with van der Waals surface area (Å²) in [7, 11) is 0. The zero-order chi connectivity index (χ0) is 6.91. The van der Waals surface area contributed by atoms with Gasteiger partial charge in [0.15, 0.2) is 0 Å². The molecule has 0 radical (unpaired) electrons. The van der Waals surface area contributed by atoms with Gasteiger partial charge >= 0.3 is 0 Å². The van der Waals surface area contributed by atoms with Gasteiger partial charge in [0.2, 0.25) is 0 Å². The third-order valence-corrected chi connectivity index (χ3v) is 3.07. The minimum absolute atomic E-state index is 0.0611. The van der Waals surface area contributed by atoms with Crippen molar-refractivity contribution in [3.05, 3.63) is 0 Å². The van der Waals surface area contributed by atoms with Gasteiger partial charge in [-0.1, -0.05) is 31.9 Å². The molecule has 0 aromatic heterocycles. The van der Waals surface area contributed by atoms with E-state index >= 15 is 0 Å². The summed E-state index contributed by atoms with van der Waals surface area (Å²) in [6.07, 6.45) is 4.04. The van der Waals surface area contributed by atoms with Crippen molar-refractivity contribution in [1.82, 2.24) is 0 Å². The van der Waals surface area contributed by atoms with Crippen LogP contribution in [0.4, 0.5) is 0 Å². The van der Waals surface area contributed by atoms with Crippen molar-refractivity contribution >= 4 is 38.1 Å². The summed E-state index contributed by atoms with van der Waals surface area (Å²) in [4.78, 5) is 10.3. The summed E-state index contributed by atoms with van der Waals surface area (Å²) < 4.78 is 0.0611. The lowest BCUT2D eigenvalue weighted by molar-refractivity contribution is -0.110. The normalized spacial score (nSPS) is 32.4. The largest absolute Gasteiger partial charge is 0.303 e. The van der Waals surface area contributed by atoms with Crippen molar-refractivity contribution in [3.8, 4) is 0 Å². The first-order valence-electron chi connectivity index (χ1n) is 2.97. The maximum absolute atomic E-state index is 10.3. The predicted octanol–water partition coefficient (Wildman–Crippen LogP) is 2.47. The van der Waals surface area contributed by atoms with E-state index in [1.54, 1.807) is 0 Å². The molecule has 1 aliphatic carbocycles. The Hall–Kier alpha value is 0.630.